The minimum absolute atomic E-state index is 0.216. The Balaban J connectivity index is 1.62. The van der Waals surface area contributed by atoms with E-state index in [4.69, 9.17) is 14.5 Å². The number of carbonyl (C=O) groups excluding carboxylic acids is 1. The van der Waals surface area contributed by atoms with Gasteiger partial charge in [0, 0.05) is 16.5 Å². The molecule has 0 saturated heterocycles. The van der Waals surface area contributed by atoms with Gasteiger partial charge in [-0.2, -0.15) is 0 Å². The zero-order chi connectivity index (χ0) is 29.5. The van der Waals surface area contributed by atoms with E-state index in [1.807, 2.05) is 48.5 Å². The summed E-state index contributed by atoms with van der Waals surface area (Å²) in [4.78, 5) is 36.4. The Morgan fingerprint density at radius 2 is 1.81 bits per heavy atom. The van der Waals surface area contributed by atoms with Gasteiger partial charge in [0.1, 0.15) is 5.75 Å². The molecule has 0 radical (unpaired) electrons. The molecule has 6 rings (SSSR count). The molecule has 42 heavy (non-hydrogen) atoms. The van der Waals surface area contributed by atoms with Crippen molar-refractivity contribution in [3.8, 4) is 17.0 Å². The summed E-state index contributed by atoms with van der Waals surface area (Å²) >= 11 is 1.32. The number of aryl methyl sites for hydroxylation is 2. The molecule has 0 aliphatic carbocycles. The van der Waals surface area contributed by atoms with Crippen molar-refractivity contribution in [2.24, 2.45) is 4.99 Å². The largest absolute Gasteiger partial charge is 0.497 e. The first kappa shape index (κ1) is 27.5. The van der Waals surface area contributed by atoms with Crippen LogP contribution < -0.4 is 19.6 Å². The Bertz CT molecular complexity index is 2050. The van der Waals surface area contributed by atoms with Crippen LogP contribution in [0.1, 0.15) is 42.1 Å². The van der Waals surface area contributed by atoms with E-state index in [9.17, 15) is 9.59 Å². The third-order valence-electron chi connectivity index (χ3n) is 7.58. The SMILES string of the molecule is CCOC(=O)C1=C(C)N=c2s/c(=C/c3c(-c4ccccc4)[nH]c4c(C)cc(C)cc34)c(=O)n2[C@@H]1c1ccc(OC)cc1. The predicted octanol–water partition coefficient (Wildman–Crippen LogP) is 5.57. The zero-order valence-corrected chi connectivity index (χ0v) is 25.0. The number of allylic oxidation sites excluding steroid dienone is 1. The summed E-state index contributed by atoms with van der Waals surface area (Å²) in [7, 11) is 1.60. The smallest absolute Gasteiger partial charge is 0.338 e. The molecule has 1 atom stereocenters. The third-order valence-corrected chi connectivity index (χ3v) is 8.56. The molecule has 3 aromatic carbocycles. The first-order valence-corrected chi connectivity index (χ1v) is 14.6. The topological polar surface area (TPSA) is 85.7 Å². The molecule has 8 heteroatoms. The fourth-order valence-corrected chi connectivity index (χ4v) is 6.71. The van der Waals surface area contributed by atoms with Crippen LogP contribution in [0.3, 0.4) is 0 Å². The standard InChI is InChI=1S/C34H31N3O4S/c1-6-41-33(39)28-21(4)35-34-37(31(28)23-12-14-24(40-5)15-13-23)32(38)27(42-34)18-26-25-17-19(2)16-20(3)29(25)36-30(26)22-10-8-7-9-11-22/h7-18,31,36H,6H2,1-5H3/b27-18+/t31-/m1/s1. The van der Waals surface area contributed by atoms with Gasteiger partial charge in [-0.25, -0.2) is 9.79 Å². The summed E-state index contributed by atoms with van der Waals surface area (Å²) in [6, 6.07) is 21.1. The van der Waals surface area contributed by atoms with Gasteiger partial charge < -0.3 is 14.5 Å². The highest BCUT2D eigenvalue weighted by atomic mass is 32.1. The number of rotatable bonds is 6. The summed E-state index contributed by atoms with van der Waals surface area (Å²) in [5, 5.41) is 1.05. The van der Waals surface area contributed by atoms with Gasteiger partial charge in [0.05, 0.1) is 41.3 Å². The Morgan fingerprint density at radius 3 is 2.50 bits per heavy atom. The fraction of sp³-hybridized carbons (Fsp3) is 0.206. The van der Waals surface area contributed by atoms with Crippen LogP contribution in [-0.4, -0.2) is 29.2 Å². The molecule has 2 aromatic heterocycles. The fourth-order valence-electron chi connectivity index (χ4n) is 5.68. The average molecular weight is 578 g/mol. The number of carbonyl (C=O) groups is 1. The van der Waals surface area contributed by atoms with Gasteiger partial charge in [-0.3, -0.25) is 9.36 Å². The van der Waals surface area contributed by atoms with E-state index in [1.54, 1.807) is 25.5 Å². The van der Waals surface area contributed by atoms with Crippen molar-refractivity contribution in [2.75, 3.05) is 13.7 Å². The molecular weight excluding hydrogens is 546 g/mol. The molecule has 7 nitrogen and oxygen atoms in total. The number of aromatic amines is 1. The minimum atomic E-state index is -0.686. The average Bonchev–Trinajstić information content (AvgIpc) is 3.50. The number of ether oxygens (including phenoxy) is 2. The molecule has 1 aliphatic rings. The monoisotopic (exact) mass is 577 g/mol. The van der Waals surface area contributed by atoms with E-state index in [2.05, 4.69) is 43.1 Å². The number of thiazole rings is 1. The number of fused-ring (bicyclic) bond motifs is 2. The maximum Gasteiger partial charge on any atom is 0.338 e. The maximum absolute atomic E-state index is 14.3. The second kappa shape index (κ2) is 10.9. The zero-order valence-electron chi connectivity index (χ0n) is 24.1. The lowest BCUT2D eigenvalue weighted by molar-refractivity contribution is -0.139. The Morgan fingerprint density at radius 1 is 1.07 bits per heavy atom. The van der Waals surface area contributed by atoms with Gasteiger partial charge in [0.2, 0.25) is 0 Å². The first-order chi connectivity index (χ1) is 20.3. The van der Waals surface area contributed by atoms with Gasteiger partial charge in [-0.15, -0.1) is 0 Å². The van der Waals surface area contributed by atoms with E-state index in [0.29, 0.717) is 26.4 Å². The van der Waals surface area contributed by atoms with Crippen molar-refractivity contribution in [3.63, 3.8) is 0 Å². The summed E-state index contributed by atoms with van der Waals surface area (Å²) in [6.07, 6.45) is 1.96. The summed E-state index contributed by atoms with van der Waals surface area (Å²) < 4.78 is 12.9. The molecule has 0 amide bonds. The van der Waals surface area contributed by atoms with E-state index in [0.717, 1.165) is 44.4 Å². The van der Waals surface area contributed by atoms with Crippen molar-refractivity contribution < 1.29 is 14.3 Å². The molecular formula is C34H31N3O4S. The lowest BCUT2D eigenvalue weighted by Gasteiger charge is -2.24. The number of H-pyrrole nitrogens is 1. The molecule has 0 bridgehead atoms. The highest BCUT2D eigenvalue weighted by Gasteiger charge is 2.33. The van der Waals surface area contributed by atoms with Crippen LogP contribution in [0.4, 0.5) is 0 Å². The van der Waals surface area contributed by atoms with Crippen molar-refractivity contribution in [1.82, 2.24) is 9.55 Å². The van der Waals surface area contributed by atoms with Gasteiger partial charge in [0.15, 0.2) is 4.80 Å². The van der Waals surface area contributed by atoms with Crippen LogP contribution >= 0.6 is 11.3 Å². The Kier molecular flexibility index (Phi) is 7.16. The number of hydrogen-bond donors (Lipinski definition) is 1. The lowest BCUT2D eigenvalue weighted by atomic mass is 9.96. The quantitative estimate of drug-likeness (QED) is 0.267. The van der Waals surface area contributed by atoms with Crippen LogP contribution in [0, 0.1) is 13.8 Å². The third kappa shape index (κ3) is 4.67. The lowest BCUT2D eigenvalue weighted by Crippen LogP contribution is -2.39. The van der Waals surface area contributed by atoms with Crippen LogP contribution in [0.15, 0.2) is 87.8 Å². The summed E-state index contributed by atoms with van der Waals surface area (Å²) in [5.74, 6) is 0.200. The first-order valence-electron chi connectivity index (χ1n) is 13.8. The van der Waals surface area contributed by atoms with Gasteiger partial charge in [-0.1, -0.05) is 65.4 Å². The number of esters is 1. The second-order valence-electron chi connectivity index (χ2n) is 10.4. The Labute approximate surface area is 247 Å². The maximum atomic E-state index is 14.3. The highest BCUT2D eigenvalue weighted by Crippen LogP contribution is 2.34. The van der Waals surface area contributed by atoms with Gasteiger partial charge in [0.25, 0.3) is 5.56 Å². The number of nitrogens with one attached hydrogen (secondary N) is 1. The minimum Gasteiger partial charge on any atom is -0.497 e. The van der Waals surface area contributed by atoms with Crippen LogP contribution in [-0.2, 0) is 9.53 Å². The molecule has 0 unspecified atom stereocenters. The number of benzene rings is 3. The Hall–Kier alpha value is -4.69. The van der Waals surface area contributed by atoms with Crippen molar-refractivity contribution in [1.29, 1.82) is 0 Å². The van der Waals surface area contributed by atoms with Crippen molar-refractivity contribution in [3.05, 3.63) is 120 Å². The molecule has 1 N–H and O–H groups in total. The van der Waals surface area contributed by atoms with E-state index >= 15 is 0 Å². The van der Waals surface area contributed by atoms with Crippen molar-refractivity contribution >= 4 is 34.3 Å². The second-order valence-corrected chi connectivity index (χ2v) is 11.4. The molecule has 1 aliphatic heterocycles. The number of hydrogen-bond acceptors (Lipinski definition) is 6. The number of methoxy groups -OCH3 is 1. The number of nitrogens with zero attached hydrogens (tertiary/aromatic N) is 2. The molecule has 0 fully saturated rings. The molecule has 5 aromatic rings. The molecule has 212 valence electrons. The van der Waals surface area contributed by atoms with E-state index in [1.165, 1.54) is 11.3 Å². The van der Waals surface area contributed by atoms with Crippen LogP contribution in [0.25, 0.3) is 28.2 Å². The van der Waals surface area contributed by atoms with E-state index < -0.39 is 12.0 Å². The van der Waals surface area contributed by atoms with Gasteiger partial charge >= 0.3 is 5.97 Å². The molecule has 0 spiro atoms. The summed E-state index contributed by atoms with van der Waals surface area (Å²) in [6.45, 7) is 7.94. The van der Waals surface area contributed by atoms with Crippen molar-refractivity contribution in [2.45, 2.75) is 33.7 Å². The van der Waals surface area contributed by atoms with Crippen LogP contribution in [0.5, 0.6) is 5.75 Å². The normalized spacial score (nSPS) is 15.1. The van der Waals surface area contributed by atoms with E-state index in [-0.39, 0.29) is 12.2 Å². The molecule has 3 heterocycles. The predicted molar refractivity (Wildman–Crippen MR) is 167 cm³/mol. The number of aromatic nitrogens is 2. The summed E-state index contributed by atoms with van der Waals surface area (Å²) in [5.41, 5.74) is 7.67. The van der Waals surface area contributed by atoms with Crippen LogP contribution in [0.2, 0.25) is 0 Å². The van der Waals surface area contributed by atoms with Gasteiger partial charge in [-0.05, 0) is 68.7 Å². The molecule has 0 saturated carbocycles. The highest BCUT2D eigenvalue weighted by molar-refractivity contribution is 7.07.